The van der Waals surface area contributed by atoms with Crippen LogP contribution in [-0.2, 0) is 23.8 Å². The predicted molar refractivity (Wildman–Crippen MR) is 211 cm³/mol. The summed E-state index contributed by atoms with van der Waals surface area (Å²) in [5.74, 6) is -6.31. The van der Waals surface area contributed by atoms with Crippen molar-refractivity contribution < 1.29 is 58.9 Å². The summed E-state index contributed by atoms with van der Waals surface area (Å²) in [5, 5.41) is 60.6. The molecule has 1 amide bonds. The van der Waals surface area contributed by atoms with E-state index in [4.69, 9.17) is 18.9 Å². The van der Waals surface area contributed by atoms with Crippen molar-refractivity contribution in [3.05, 3.63) is 52.8 Å². The average molecular weight is 802 g/mol. The van der Waals surface area contributed by atoms with E-state index in [0.29, 0.717) is 0 Å². The molecule has 5 bridgehead atoms. The molecule has 4 aliphatic heterocycles. The lowest BCUT2D eigenvalue weighted by Crippen LogP contribution is -2.46. The maximum Gasteiger partial charge on any atom is 0.312 e. The number of ketones is 1. The number of aromatic hydroxyl groups is 3. The Hall–Kier alpha value is -3.89. The average Bonchev–Trinajstić information content (AvgIpc) is 3.77. The van der Waals surface area contributed by atoms with Gasteiger partial charge in [0, 0.05) is 78.2 Å². The lowest BCUT2D eigenvalue weighted by molar-refractivity contribution is -0.160. The van der Waals surface area contributed by atoms with E-state index in [-0.39, 0.29) is 44.5 Å². The van der Waals surface area contributed by atoms with Crippen LogP contribution in [0.15, 0.2) is 36.1 Å². The minimum atomic E-state index is -2.00. The van der Waals surface area contributed by atoms with Crippen LogP contribution in [0.5, 0.6) is 23.0 Å². The van der Waals surface area contributed by atoms with E-state index in [9.17, 15) is 39.9 Å². The number of rotatable bonds is 3. The molecule has 1 fully saturated rings. The number of aliphatic hydroxyl groups is 2. The highest BCUT2D eigenvalue weighted by molar-refractivity contribution is 8.19. The van der Waals surface area contributed by atoms with Crippen LogP contribution in [0.2, 0.25) is 0 Å². The Morgan fingerprint density at radius 3 is 2.20 bits per heavy atom. The summed E-state index contributed by atoms with van der Waals surface area (Å²) in [6, 6.07) is 0. The number of aliphatic hydroxyl groups excluding tert-OH is 2. The third kappa shape index (κ3) is 7.91. The highest BCUT2D eigenvalue weighted by Gasteiger charge is 2.50. The van der Waals surface area contributed by atoms with Crippen LogP contribution in [0.25, 0.3) is 10.8 Å². The zero-order valence-electron chi connectivity index (χ0n) is 32.4. The fourth-order valence-electron chi connectivity index (χ4n) is 7.50. The number of amides is 1. The second-order valence-corrected chi connectivity index (χ2v) is 17.4. The fourth-order valence-corrected chi connectivity index (χ4v) is 10.5. The molecule has 0 aromatic heterocycles. The van der Waals surface area contributed by atoms with E-state index in [1.165, 1.54) is 69.8 Å². The molecule has 2 aromatic rings. The molecule has 4 aliphatic rings. The number of anilines is 1. The molecule has 0 saturated carbocycles. The van der Waals surface area contributed by atoms with Gasteiger partial charge >= 0.3 is 11.8 Å². The summed E-state index contributed by atoms with van der Waals surface area (Å²) in [6.45, 7) is 12.6. The molecule has 4 heterocycles. The van der Waals surface area contributed by atoms with Gasteiger partial charge in [0.15, 0.2) is 5.75 Å². The molecule has 0 radical (unpaired) electrons. The Labute approximate surface area is 329 Å². The molecular weight excluding hydrogens is 751 g/mol. The van der Waals surface area contributed by atoms with E-state index in [2.05, 4.69) is 5.32 Å². The monoisotopic (exact) mass is 801 g/mol. The summed E-state index contributed by atoms with van der Waals surface area (Å²) >= 11 is 2.98. The summed E-state index contributed by atoms with van der Waals surface area (Å²) in [6.07, 6.45) is 3.74. The van der Waals surface area contributed by atoms with Gasteiger partial charge in [-0.15, -0.1) is 23.5 Å². The maximum absolute atomic E-state index is 14.3. The van der Waals surface area contributed by atoms with Crippen LogP contribution in [0, 0.1) is 30.6 Å². The van der Waals surface area contributed by atoms with E-state index in [1.807, 2.05) is 0 Å². The lowest BCUT2D eigenvalue weighted by Gasteiger charge is -2.38. The van der Waals surface area contributed by atoms with Crippen molar-refractivity contribution in [3.8, 4) is 23.0 Å². The van der Waals surface area contributed by atoms with Crippen molar-refractivity contribution in [1.29, 1.82) is 0 Å². The number of benzene rings is 2. The fraction of sp³-hybridized carbons (Fsp3) is 0.525. The summed E-state index contributed by atoms with van der Waals surface area (Å²) in [7, 11) is 1.44. The van der Waals surface area contributed by atoms with Crippen molar-refractivity contribution in [2.75, 3.05) is 23.9 Å². The van der Waals surface area contributed by atoms with Gasteiger partial charge in [-0.05, 0) is 19.9 Å². The molecule has 15 heteroatoms. The highest BCUT2D eigenvalue weighted by atomic mass is 32.2. The van der Waals surface area contributed by atoms with Gasteiger partial charge in [0.25, 0.3) is 11.7 Å². The van der Waals surface area contributed by atoms with Crippen LogP contribution in [0.3, 0.4) is 0 Å². The van der Waals surface area contributed by atoms with E-state index in [1.54, 1.807) is 46.8 Å². The molecule has 0 unspecified atom stereocenters. The number of hydrogen-bond acceptors (Lipinski definition) is 14. The first-order chi connectivity index (χ1) is 25.9. The first kappa shape index (κ1) is 42.3. The van der Waals surface area contributed by atoms with Gasteiger partial charge in [-0.2, -0.15) is 0 Å². The van der Waals surface area contributed by atoms with Gasteiger partial charge in [0.1, 0.15) is 23.4 Å². The van der Waals surface area contributed by atoms with Crippen molar-refractivity contribution in [1.82, 2.24) is 0 Å². The van der Waals surface area contributed by atoms with Crippen molar-refractivity contribution in [3.63, 3.8) is 0 Å². The minimum absolute atomic E-state index is 0.0499. The Morgan fingerprint density at radius 2 is 1.58 bits per heavy atom. The van der Waals surface area contributed by atoms with Crippen LogP contribution in [-0.4, -0.2) is 92.0 Å². The Morgan fingerprint density at radius 1 is 0.927 bits per heavy atom. The number of carbonyl (C=O) groups excluding carboxylic acids is 3. The summed E-state index contributed by atoms with van der Waals surface area (Å²) < 4.78 is 23.1. The number of fused-ring (bicyclic) bond motifs is 14. The molecule has 9 atom stereocenters. The van der Waals surface area contributed by atoms with Crippen LogP contribution >= 0.6 is 23.5 Å². The SMILES string of the molecule is CO[C@@H]1C=CO[C@@]2(C)Oc3c(C)c(O)c4c(O)c(c(C5SCCS5)c(O)c4c3C2=O)NC(=O)C(C)=CC=C[C@H](C)[C@H](O)[C@H](C)[C@H](O)[C@H](C)[C@@H](OC(C)=O)[C@@H]1C. The van der Waals surface area contributed by atoms with Crippen molar-refractivity contribution in [2.45, 2.75) is 90.2 Å². The number of phenolic OH excluding ortho intramolecular Hbond substituents is 3. The van der Waals surface area contributed by atoms with Crippen LogP contribution in [0.4, 0.5) is 5.69 Å². The first-order valence-electron chi connectivity index (χ1n) is 18.2. The second-order valence-electron chi connectivity index (χ2n) is 14.7. The standard InChI is InChI=1S/C40H51NO12S2/c1-17-11-10-12-18(2)38(49)41-29-28(39-54-15-16-55-39)33(46)25-26(34(29)47)32(45)22(6)36-27(25)37(48)40(8,53-36)51-14-13-24(50-9)19(3)35(52-23(7)42)21(5)31(44)20(4)30(17)43/h10-14,17,19-21,24,30-31,35,39,43-47H,15-16H2,1-9H3,(H,41,49)/t17-,19+,20-,21-,24+,30-,31-,35-,40-/m0/s1. The molecule has 0 aliphatic carbocycles. The summed E-state index contributed by atoms with van der Waals surface area (Å²) in [4.78, 5) is 40.3. The highest BCUT2D eigenvalue weighted by Crippen LogP contribution is 2.60. The van der Waals surface area contributed by atoms with E-state index >= 15 is 0 Å². The van der Waals surface area contributed by atoms with Crippen LogP contribution < -0.4 is 10.1 Å². The summed E-state index contributed by atoms with van der Waals surface area (Å²) in [5.41, 5.74) is 0.263. The Bertz CT molecular complexity index is 1940. The topological polar surface area (TPSA) is 201 Å². The number of phenols is 3. The van der Waals surface area contributed by atoms with E-state index < -0.39 is 93.4 Å². The quantitative estimate of drug-likeness (QED) is 0.116. The minimum Gasteiger partial charge on any atom is -0.507 e. The lowest BCUT2D eigenvalue weighted by atomic mass is 9.78. The number of nitrogens with one attached hydrogen (secondary N) is 1. The number of thioether (sulfide) groups is 2. The molecule has 13 nitrogen and oxygen atoms in total. The number of ether oxygens (including phenoxy) is 4. The van der Waals surface area contributed by atoms with Gasteiger partial charge in [-0.3, -0.25) is 14.4 Å². The van der Waals surface area contributed by atoms with E-state index in [0.717, 1.165) is 11.5 Å². The number of allylic oxidation sites excluding steroid dienone is 2. The van der Waals surface area contributed by atoms with Gasteiger partial charge in [-0.1, -0.05) is 45.9 Å². The number of methoxy groups -OCH3 is 1. The largest absolute Gasteiger partial charge is 0.507 e. The van der Waals surface area contributed by atoms with Gasteiger partial charge < -0.3 is 49.8 Å². The van der Waals surface area contributed by atoms with Gasteiger partial charge in [-0.25, -0.2) is 0 Å². The smallest absolute Gasteiger partial charge is 0.312 e. The Kier molecular flexibility index (Phi) is 12.8. The number of Topliss-reactive ketones (excluding diaryl/α,β-unsaturated/α-hetero) is 1. The zero-order valence-corrected chi connectivity index (χ0v) is 34.0. The van der Waals surface area contributed by atoms with Crippen LogP contribution in [0.1, 0.15) is 74.5 Å². The molecule has 6 rings (SSSR count). The normalized spacial score (nSPS) is 31.0. The molecule has 2 aromatic carbocycles. The predicted octanol–water partition coefficient (Wildman–Crippen LogP) is 6.23. The third-order valence-corrected chi connectivity index (χ3v) is 13.9. The van der Waals surface area contributed by atoms with Gasteiger partial charge in [0.05, 0.1) is 45.8 Å². The number of esters is 1. The first-order valence-corrected chi connectivity index (χ1v) is 20.3. The van der Waals surface area contributed by atoms with Gasteiger partial charge in [0.2, 0.25) is 0 Å². The Balaban J connectivity index is 1.70. The maximum atomic E-state index is 14.3. The zero-order chi connectivity index (χ0) is 40.7. The molecule has 55 heavy (non-hydrogen) atoms. The molecule has 300 valence electrons. The molecule has 1 saturated heterocycles. The molecular formula is C40H51NO12S2. The molecule has 0 spiro atoms. The second kappa shape index (κ2) is 16.7. The number of hydrogen-bond donors (Lipinski definition) is 6. The molecule has 6 N–H and O–H groups in total. The van der Waals surface area contributed by atoms with Crippen molar-refractivity contribution >= 4 is 57.6 Å². The number of carbonyl (C=O) groups is 3. The van der Waals surface area contributed by atoms with Crippen molar-refractivity contribution in [2.24, 2.45) is 23.7 Å². The third-order valence-electron chi connectivity index (χ3n) is 10.9.